The molecule has 0 saturated heterocycles. The molecule has 0 saturated carbocycles. The molecule has 1 N–H and O–H groups in total. The fourth-order valence-corrected chi connectivity index (χ4v) is 2.30. The van der Waals surface area contributed by atoms with E-state index in [0.29, 0.717) is 0 Å². The number of allylic oxidation sites excluding steroid dienone is 1. The fraction of sp³-hybridized carbons (Fsp3) is 0.385. The molecule has 0 unspecified atom stereocenters. The first-order valence-corrected chi connectivity index (χ1v) is 4.99. The van der Waals surface area contributed by atoms with Crippen LogP contribution in [0.4, 0.5) is 0 Å². The van der Waals surface area contributed by atoms with Gasteiger partial charge in [-0.05, 0) is 24.5 Å². The highest BCUT2D eigenvalue weighted by Gasteiger charge is 2.39. The quantitative estimate of drug-likeness (QED) is 0.672. The topological polar surface area (TPSA) is 20.2 Å². The minimum Gasteiger partial charge on any atom is -0.388 e. The van der Waals surface area contributed by atoms with E-state index in [-0.39, 0.29) is 11.5 Å². The Bertz CT molecular complexity index is 381. The molecule has 1 aliphatic rings. The molecule has 0 heterocycles. The van der Waals surface area contributed by atoms with E-state index < -0.39 is 0 Å². The lowest BCUT2D eigenvalue weighted by molar-refractivity contribution is 0.164. The van der Waals surface area contributed by atoms with Gasteiger partial charge in [0.05, 0.1) is 6.10 Å². The molecule has 2 rings (SSSR count). The fourth-order valence-electron chi connectivity index (χ4n) is 2.30. The summed E-state index contributed by atoms with van der Waals surface area (Å²) in [5.41, 5.74) is 3.38. The lowest BCUT2D eigenvalue weighted by Gasteiger charge is -2.25. The molecule has 0 spiro atoms. The third-order valence-electron chi connectivity index (χ3n) is 3.46. The molecular formula is C13H16O. The smallest absolute Gasteiger partial charge is 0.0804 e. The van der Waals surface area contributed by atoms with Crippen LogP contribution in [0.25, 0.3) is 0 Å². The van der Waals surface area contributed by atoms with Crippen LogP contribution in [0.15, 0.2) is 36.4 Å². The molecule has 0 bridgehead atoms. The van der Waals surface area contributed by atoms with Gasteiger partial charge < -0.3 is 5.11 Å². The first kappa shape index (κ1) is 9.47. The van der Waals surface area contributed by atoms with Crippen LogP contribution < -0.4 is 0 Å². The van der Waals surface area contributed by atoms with Gasteiger partial charge in [-0.1, -0.05) is 43.3 Å². The number of aliphatic hydroxyl groups excluding tert-OH is 1. The first-order valence-electron chi connectivity index (χ1n) is 4.99. The standard InChI is InChI=1S/C13H16O/c1-9(2)13(3)8-12(14)10-6-4-5-7-11(10)13/h4-7,12,14H,1,8H2,2-3H3/t12-,13-/m1/s1. The van der Waals surface area contributed by atoms with Crippen molar-refractivity contribution in [1.29, 1.82) is 0 Å². The van der Waals surface area contributed by atoms with E-state index in [1.54, 1.807) is 0 Å². The van der Waals surface area contributed by atoms with Crippen LogP contribution in [0.3, 0.4) is 0 Å². The Balaban J connectivity index is 2.59. The largest absolute Gasteiger partial charge is 0.388 e. The summed E-state index contributed by atoms with van der Waals surface area (Å²) in [5, 5.41) is 9.92. The normalized spacial score (nSPS) is 30.1. The highest BCUT2D eigenvalue weighted by atomic mass is 16.3. The van der Waals surface area contributed by atoms with Gasteiger partial charge in [0.2, 0.25) is 0 Å². The van der Waals surface area contributed by atoms with Crippen molar-refractivity contribution in [3.05, 3.63) is 47.5 Å². The molecule has 2 atom stereocenters. The van der Waals surface area contributed by atoms with Crippen molar-refractivity contribution in [2.24, 2.45) is 0 Å². The molecule has 1 heteroatoms. The molecule has 14 heavy (non-hydrogen) atoms. The van der Waals surface area contributed by atoms with E-state index >= 15 is 0 Å². The highest BCUT2D eigenvalue weighted by Crippen LogP contribution is 2.48. The van der Waals surface area contributed by atoms with Gasteiger partial charge in [-0.3, -0.25) is 0 Å². The lowest BCUT2D eigenvalue weighted by atomic mass is 9.78. The van der Waals surface area contributed by atoms with Crippen LogP contribution in [0.5, 0.6) is 0 Å². The van der Waals surface area contributed by atoms with Gasteiger partial charge in [-0.15, -0.1) is 0 Å². The second-order valence-electron chi connectivity index (χ2n) is 4.42. The molecule has 1 nitrogen and oxygen atoms in total. The van der Waals surface area contributed by atoms with E-state index in [1.807, 2.05) is 25.1 Å². The number of benzene rings is 1. The Hall–Kier alpha value is -1.08. The third kappa shape index (κ3) is 1.12. The van der Waals surface area contributed by atoms with Crippen molar-refractivity contribution in [3.63, 3.8) is 0 Å². The van der Waals surface area contributed by atoms with Crippen molar-refractivity contribution in [3.8, 4) is 0 Å². The van der Waals surface area contributed by atoms with Gasteiger partial charge in [-0.25, -0.2) is 0 Å². The second-order valence-corrected chi connectivity index (χ2v) is 4.42. The van der Waals surface area contributed by atoms with Crippen LogP contribution in [0, 0.1) is 0 Å². The highest BCUT2D eigenvalue weighted by molar-refractivity contribution is 5.45. The molecule has 0 amide bonds. The van der Waals surface area contributed by atoms with Gasteiger partial charge in [-0.2, -0.15) is 0 Å². The van der Waals surface area contributed by atoms with Crippen LogP contribution in [-0.2, 0) is 5.41 Å². The van der Waals surface area contributed by atoms with Gasteiger partial charge in [0.1, 0.15) is 0 Å². The summed E-state index contributed by atoms with van der Waals surface area (Å²) in [6.45, 7) is 8.22. The Labute approximate surface area is 85.1 Å². The van der Waals surface area contributed by atoms with Crippen LogP contribution in [0.2, 0.25) is 0 Å². The van der Waals surface area contributed by atoms with Crippen molar-refractivity contribution >= 4 is 0 Å². The average molecular weight is 188 g/mol. The van der Waals surface area contributed by atoms with E-state index in [9.17, 15) is 5.11 Å². The molecule has 0 aliphatic heterocycles. The lowest BCUT2D eigenvalue weighted by Crippen LogP contribution is -2.19. The minimum atomic E-state index is -0.326. The molecule has 0 fully saturated rings. The molecule has 74 valence electrons. The van der Waals surface area contributed by atoms with E-state index in [4.69, 9.17) is 0 Å². The Morgan fingerprint density at radius 3 is 2.79 bits per heavy atom. The van der Waals surface area contributed by atoms with Gasteiger partial charge in [0, 0.05) is 5.41 Å². The predicted molar refractivity (Wildman–Crippen MR) is 58.2 cm³/mol. The number of hydrogen-bond acceptors (Lipinski definition) is 1. The van der Waals surface area contributed by atoms with E-state index in [1.165, 1.54) is 5.56 Å². The zero-order chi connectivity index (χ0) is 10.3. The monoisotopic (exact) mass is 188 g/mol. The summed E-state index contributed by atoms with van der Waals surface area (Å²) >= 11 is 0. The molecule has 0 radical (unpaired) electrons. The van der Waals surface area contributed by atoms with Crippen LogP contribution >= 0.6 is 0 Å². The van der Waals surface area contributed by atoms with Gasteiger partial charge >= 0.3 is 0 Å². The van der Waals surface area contributed by atoms with E-state index in [0.717, 1.165) is 17.6 Å². The maximum Gasteiger partial charge on any atom is 0.0804 e. The van der Waals surface area contributed by atoms with E-state index in [2.05, 4.69) is 19.6 Å². The Morgan fingerprint density at radius 2 is 2.14 bits per heavy atom. The SMILES string of the molecule is C=C(C)[C@@]1(C)C[C@@H](O)c2ccccc21. The second kappa shape index (κ2) is 2.96. The van der Waals surface area contributed by atoms with Crippen molar-refractivity contribution in [1.82, 2.24) is 0 Å². The zero-order valence-corrected chi connectivity index (χ0v) is 8.75. The average Bonchev–Trinajstić information content (AvgIpc) is 2.42. The molecule has 1 aromatic rings. The Morgan fingerprint density at radius 1 is 1.50 bits per heavy atom. The predicted octanol–water partition coefficient (Wildman–Crippen LogP) is 2.96. The maximum absolute atomic E-state index is 9.92. The van der Waals surface area contributed by atoms with Gasteiger partial charge in [0.15, 0.2) is 0 Å². The minimum absolute atomic E-state index is 0.0456. The molecular weight excluding hydrogens is 172 g/mol. The van der Waals surface area contributed by atoms with Crippen molar-refractivity contribution in [2.45, 2.75) is 31.8 Å². The number of fused-ring (bicyclic) bond motifs is 1. The van der Waals surface area contributed by atoms with Gasteiger partial charge in [0.25, 0.3) is 0 Å². The first-order chi connectivity index (χ1) is 6.55. The maximum atomic E-state index is 9.92. The number of aliphatic hydroxyl groups is 1. The third-order valence-corrected chi connectivity index (χ3v) is 3.46. The Kier molecular flexibility index (Phi) is 2.00. The summed E-state index contributed by atoms with van der Waals surface area (Å²) in [5.74, 6) is 0. The summed E-state index contributed by atoms with van der Waals surface area (Å²) < 4.78 is 0. The summed E-state index contributed by atoms with van der Waals surface area (Å²) in [4.78, 5) is 0. The molecule has 1 aromatic carbocycles. The van der Waals surface area contributed by atoms with Crippen LogP contribution in [0.1, 0.15) is 37.5 Å². The summed E-state index contributed by atoms with van der Waals surface area (Å²) in [6.07, 6.45) is 0.440. The van der Waals surface area contributed by atoms with Crippen LogP contribution in [-0.4, -0.2) is 5.11 Å². The van der Waals surface area contributed by atoms with Crippen molar-refractivity contribution in [2.75, 3.05) is 0 Å². The number of rotatable bonds is 1. The molecule has 1 aliphatic carbocycles. The molecule has 0 aromatic heterocycles. The summed E-state index contributed by atoms with van der Waals surface area (Å²) in [7, 11) is 0. The number of hydrogen-bond donors (Lipinski definition) is 1. The summed E-state index contributed by atoms with van der Waals surface area (Å²) in [6, 6.07) is 8.11. The zero-order valence-electron chi connectivity index (χ0n) is 8.75. The van der Waals surface area contributed by atoms with Crippen molar-refractivity contribution < 1.29 is 5.11 Å².